The molecule has 0 saturated heterocycles. The Morgan fingerprint density at radius 2 is 2.18 bits per heavy atom. The van der Waals surface area contributed by atoms with E-state index in [4.69, 9.17) is 4.52 Å². The summed E-state index contributed by atoms with van der Waals surface area (Å²) in [6.07, 6.45) is 2.12. The number of amides is 2. The Labute approximate surface area is 132 Å². The molecule has 2 heterocycles. The molecular formula is C14H18N4O3S. The van der Waals surface area contributed by atoms with Crippen molar-refractivity contribution in [3.8, 4) is 0 Å². The van der Waals surface area contributed by atoms with Crippen LogP contribution in [0.15, 0.2) is 22.2 Å². The average molecular weight is 322 g/mol. The molecule has 8 heteroatoms. The zero-order chi connectivity index (χ0) is 16.1. The lowest BCUT2D eigenvalue weighted by Gasteiger charge is -2.18. The van der Waals surface area contributed by atoms with Gasteiger partial charge in [0.2, 0.25) is 5.91 Å². The van der Waals surface area contributed by atoms with Crippen LogP contribution in [0.25, 0.3) is 0 Å². The van der Waals surface area contributed by atoms with Crippen molar-refractivity contribution in [2.75, 3.05) is 5.32 Å². The Balaban J connectivity index is 2.05. The number of carbonyl (C=O) groups excluding carboxylic acids is 2. The lowest BCUT2D eigenvalue weighted by Crippen LogP contribution is -2.44. The van der Waals surface area contributed by atoms with Crippen molar-refractivity contribution in [3.63, 3.8) is 0 Å². The Morgan fingerprint density at radius 1 is 1.41 bits per heavy atom. The molecule has 0 aromatic carbocycles. The van der Waals surface area contributed by atoms with E-state index in [9.17, 15) is 9.59 Å². The van der Waals surface area contributed by atoms with Gasteiger partial charge in [-0.1, -0.05) is 19.0 Å². The second kappa shape index (κ2) is 7.17. The van der Waals surface area contributed by atoms with E-state index in [0.717, 1.165) is 0 Å². The van der Waals surface area contributed by atoms with Gasteiger partial charge < -0.3 is 15.2 Å². The van der Waals surface area contributed by atoms with Gasteiger partial charge in [0.1, 0.15) is 11.8 Å². The number of nitrogens with one attached hydrogen (secondary N) is 2. The second-order valence-corrected chi connectivity index (χ2v) is 6.20. The maximum absolute atomic E-state index is 12.3. The largest absolute Gasteiger partial charge is 0.361 e. The molecule has 2 aromatic rings. The molecule has 0 radical (unpaired) electrons. The van der Waals surface area contributed by atoms with Crippen LogP contribution in [0.4, 0.5) is 5.13 Å². The van der Waals surface area contributed by atoms with Crippen LogP contribution in [0, 0.1) is 12.8 Å². The summed E-state index contributed by atoms with van der Waals surface area (Å²) < 4.78 is 4.87. The topological polar surface area (TPSA) is 97.1 Å². The minimum atomic E-state index is -0.659. The van der Waals surface area contributed by atoms with E-state index in [1.54, 1.807) is 18.5 Å². The van der Waals surface area contributed by atoms with Crippen molar-refractivity contribution in [2.45, 2.75) is 33.2 Å². The van der Waals surface area contributed by atoms with Crippen LogP contribution in [0.3, 0.4) is 0 Å². The van der Waals surface area contributed by atoms with E-state index >= 15 is 0 Å². The van der Waals surface area contributed by atoms with Gasteiger partial charge in [-0.05, 0) is 19.3 Å². The van der Waals surface area contributed by atoms with Gasteiger partial charge in [0, 0.05) is 17.6 Å². The number of thiazole rings is 1. The molecule has 0 bridgehead atoms. The summed E-state index contributed by atoms with van der Waals surface area (Å²) in [7, 11) is 0. The van der Waals surface area contributed by atoms with Crippen molar-refractivity contribution in [1.82, 2.24) is 15.5 Å². The summed E-state index contributed by atoms with van der Waals surface area (Å²) in [6, 6.07) is 0.869. The van der Waals surface area contributed by atoms with Gasteiger partial charge >= 0.3 is 0 Å². The number of hydrogen-bond acceptors (Lipinski definition) is 6. The molecule has 118 valence electrons. The molecule has 2 aromatic heterocycles. The third-order valence-corrected chi connectivity index (χ3v) is 3.54. The van der Waals surface area contributed by atoms with Crippen LogP contribution in [0.2, 0.25) is 0 Å². The fourth-order valence-electron chi connectivity index (χ4n) is 1.89. The van der Waals surface area contributed by atoms with Gasteiger partial charge in [-0.15, -0.1) is 11.3 Å². The van der Waals surface area contributed by atoms with E-state index in [2.05, 4.69) is 20.8 Å². The highest BCUT2D eigenvalue weighted by molar-refractivity contribution is 7.13. The van der Waals surface area contributed by atoms with Gasteiger partial charge in [0.15, 0.2) is 10.8 Å². The summed E-state index contributed by atoms with van der Waals surface area (Å²) in [5.41, 5.74) is 0.160. The maximum atomic E-state index is 12.3. The van der Waals surface area contributed by atoms with Crippen LogP contribution in [0.5, 0.6) is 0 Å². The molecule has 0 aliphatic rings. The Morgan fingerprint density at radius 3 is 2.73 bits per heavy atom. The Hall–Kier alpha value is -2.22. The van der Waals surface area contributed by atoms with E-state index in [1.807, 2.05) is 13.8 Å². The molecule has 0 aliphatic carbocycles. The van der Waals surface area contributed by atoms with Crippen molar-refractivity contribution in [3.05, 3.63) is 29.1 Å². The number of aromatic nitrogens is 2. The lowest BCUT2D eigenvalue weighted by molar-refractivity contribution is -0.118. The number of aryl methyl sites for hydroxylation is 1. The fourth-order valence-corrected chi connectivity index (χ4v) is 2.42. The number of hydrogen-bond donors (Lipinski definition) is 2. The van der Waals surface area contributed by atoms with Gasteiger partial charge in [0.05, 0.1) is 0 Å². The molecule has 0 fully saturated rings. The Kier molecular flexibility index (Phi) is 5.26. The van der Waals surface area contributed by atoms with Crippen molar-refractivity contribution in [2.24, 2.45) is 5.92 Å². The third-order valence-electron chi connectivity index (χ3n) is 2.85. The predicted octanol–water partition coefficient (Wildman–Crippen LogP) is 2.22. The number of anilines is 1. The molecule has 0 spiro atoms. The van der Waals surface area contributed by atoms with Crippen LogP contribution >= 0.6 is 11.3 Å². The second-order valence-electron chi connectivity index (χ2n) is 5.30. The van der Waals surface area contributed by atoms with Gasteiger partial charge in [-0.3, -0.25) is 9.59 Å². The van der Waals surface area contributed by atoms with Crippen LogP contribution in [-0.4, -0.2) is 28.0 Å². The summed E-state index contributed by atoms with van der Waals surface area (Å²) in [6.45, 7) is 5.66. The SMILES string of the molecule is Cc1cc(C(=O)N[C@H](CC(C)C)C(=O)Nc2nccs2)no1. The van der Waals surface area contributed by atoms with E-state index in [0.29, 0.717) is 17.3 Å². The maximum Gasteiger partial charge on any atom is 0.274 e. The van der Waals surface area contributed by atoms with Gasteiger partial charge in [0.25, 0.3) is 5.91 Å². The molecule has 1 atom stereocenters. The highest BCUT2D eigenvalue weighted by Crippen LogP contribution is 2.13. The molecule has 0 saturated carbocycles. The minimum Gasteiger partial charge on any atom is -0.361 e. The molecule has 7 nitrogen and oxygen atoms in total. The molecule has 2 rings (SSSR count). The smallest absolute Gasteiger partial charge is 0.274 e. The van der Waals surface area contributed by atoms with Crippen molar-refractivity contribution < 1.29 is 14.1 Å². The summed E-state index contributed by atoms with van der Waals surface area (Å²) in [5.74, 6) is 0.0539. The Bertz CT molecular complexity index is 636. The van der Waals surface area contributed by atoms with Gasteiger partial charge in [-0.25, -0.2) is 4.98 Å². The molecular weight excluding hydrogens is 304 g/mol. The normalized spacial score (nSPS) is 12.2. The standard InChI is InChI=1S/C14H18N4O3S/c1-8(2)6-10(12(19)17-14-15-4-5-22-14)16-13(20)11-7-9(3)21-18-11/h4-5,7-8,10H,6H2,1-3H3,(H,16,20)(H,15,17,19)/t10-/m1/s1. The average Bonchev–Trinajstić information content (AvgIpc) is 3.08. The molecule has 0 aliphatic heterocycles. The summed E-state index contributed by atoms with van der Waals surface area (Å²) in [5, 5.41) is 11.3. The number of nitrogens with zero attached hydrogens (tertiary/aromatic N) is 2. The number of rotatable bonds is 6. The highest BCUT2D eigenvalue weighted by Gasteiger charge is 2.24. The quantitative estimate of drug-likeness (QED) is 0.850. The van der Waals surface area contributed by atoms with Crippen LogP contribution in [0.1, 0.15) is 36.5 Å². The van der Waals surface area contributed by atoms with E-state index in [1.165, 1.54) is 17.4 Å². The number of carbonyl (C=O) groups is 2. The van der Waals surface area contributed by atoms with Crippen LogP contribution < -0.4 is 10.6 Å². The third kappa shape index (κ3) is 4.39. The summed E-state index contributed by atoms with van der Waals surface area (Å²) in [4.78, 5) is 28.5. The first-order valence-electron chi connectivity index (χ1n) is 6.90. The predicted molar refractivity (Wildman–Crippen MR) is 82.7 cm³/mol. The first kappa shape index (κ1) is 16.2. The first-order chi connectivity index (χ1) is 10.5. The highest BCUT2D eigenvalue weighted by atomic mass is 32.1. The minimum absolute atomic E-state index is 0.160. The summed E-state index contributed by atoms with van der Waals surface area (Å²) >= 11 is 1.32. The molecule has 2 N–H and O–H groups in total. The fraction of sp³-hybridized carbons (Fsp3) is 0.429. The molecule has 0 unspecified atom stereocenters. The van der Waals surface area contributed by atoms with E-state index in [-0.39, 0.29) is 17.5 Å². The van der Waals surface area contributed by atoms with Crippen molar-refractivity contribution >= 4 is 28.3 Å². The zero-order valence-electron chi connectivity index (χ0n) is 12.6. The molecule has 2 amide bonds. The van der Waals surface area contributed by atoms with E-state index < -0.39 is 11.9 Å². The van der Waals surface area contributed by atoms with Crippen LogP contribution in [-0.2, 0) is 4.79 Å². The first-order valence-corrected chi connectivity index (χ1v) is 7.78. The lowest BCUT2D eigenvalue weighted by atomic mass is 10.0. The van der Waals surface area contributed by atoms with Crippen molar-refractivity contribution in [1.29, 1.82) is 0 Å². The van der Waals surface area contributed by atoms with Gasteiger partial charge in [-0.2, -0.15) is 0 Å². The monoisotopic (exact) mass is 322 g/mol. The zero-order valence-corrected chi connectivity index (χ0v) is 13.4. The molecule has 22 heavy (non-hydrogen) atoms.